The van der Waals surface area contributed by atoms with E-state index in [1.165, 1.54) is 64.2 Å². The molecule has 2 N–H and O–H groups in total. The maximum Gasteiger partial charge on any atom is 1.00 e. The summed E-state index contributed by atoms with van der Waals surface area (Å²) in [6, 6.07) is 0. The van der Waals surface area contributed by atoms with Crippen LogP contribution in [0.15, 0.2) is 0 Å². The molecule has 0 aromatic carbocycles. The number of aliphatic carboxylic acids is 2. The van der Waals surface area contributed by atoms with E-state index in [1.54, 1.807) is 0 Å². The Labute approximate surface area is 165 Å². The van der Waals surface area contributed by atoms with Gasteiger partial charge < -0.3 is 11.6 Å². The normalized spacial score (nSPS) is 10.3. The minimum absolute atomic E-state index is 0. The van der Waals surface area contributed by atoms with Crippen molar-refractivity contribution in [1.29, 1.82) is 0 Å². The number of hydrogen-bond acceptors (Lipinski definition) is 2. The molecule has 0 saturated heterocycles. The SMILES string of the molecule is O=C(O)CCCCCCCCCCCCCCCCC(=O)O.[H-].[Na+]. The maximum atomic E-state index is 10.3. The molecular formula is C18H35NaO4. The topological polar surface area (TPSA) is 74.6 Å². The van der Waals surface area contributed by atoms with Gasteiger partial charge in [-0.1, -0.05) is 77.0 Å². The van der Waals surface area contributed by atoms with E-state index in [9.17, 15) is 9.59 Å². The molecule has 0 atom stereocenters. The second-order valence-electron chi connectivity index (χ2n) is 6.24. The number of hydrogen-bond donors (Lipinski definition) is 2. The first-order valence-electron chi connectivity index (χ1n) is 9.06. The van der Waals surface area contributed by atoms with E-state index in [0.29, 0.717) is 12.8 Å². The number of carboxylic acid groups (broad SMARTS) is 2. The van der Waals surface area contributed by atoms with Crippen LogP contribution in [0.1, 0.15) is 104 Å². The van der Waals surface area contributed by atoms with Gasteiger partial charge in [-0.2, -0.15) is 0 Å². The first kappa shape index (κ1) is 25.2. The van der Waals surface area contributed by atoms with Crippen LogP contribution >= 0.6 is 0 Å². The zero-order valence-corrected chi connectivity index (χ0v) is 17.0. The summed E-state index contributed by atoms with van der Waals surface area (Å²) in [4.78, 5) is 20.7. The van der Waals surface area contributed by atoms with Crippen molar-refractivity contribution >= 4 is 11.9 Å². The van der Waals surface area contributed by atoms with E-state index in [1.807, 2.05) is 0 Å². The maximum absolute atomic E-state index is 10.3. The molecule has 4 nitrogen and oxygen atoms in total. The fraction of sp³-hybridized carbons (Fsp3) is 0.889. The molecule has 0 aliphatic rings. The Hall–Kier alpha value is -0.0600. The van der Waals surface area contributed by atoms with Gasteiger partial charge in [0.15, 0.2) is 0 Å². The molecule has 0 aliphatic heterocycles. The van der Waals surface area contributed by atoms with Gasteiger partial charge in [-0.05, 0) is 12.8 Å². The molecule has 0 heterocycles. The van der Waals surface area contributed by atoms with Crippen LogP contribution in [0.4, 0.5) is 0 Å². The largest absolute Gasteiger partial charge is 1.00 e. The molecule has 0 radical (unpaired) electrons. The van der Waals surface area contributed by atoms with Gasteiger partial charge >= 0.3 is 41.5 Å². The van der Waals surface area contributed by atoms with E-state index in [2.05, 4.69) is 0 Å². The van der Waals surface area contributed by atoms with E-state index < -0.39 is 11.9 Å². The quantitative estimate of drug-likeness (QED) is 0.316. The van der Waals surface area contributed by atoms with E-state index in [4.69, 9.17) is 10.2 Å². The third-order valence-electron chi connectivity index (χ3n) is 4.03. The van der Waals surface area contributed by atoms with Crippen LogP contribution in [0, 0.1) is 0 Å². The summed E-state index contributed by atoms with van der Waals surface area (Å²) in [5.74, 6) is -1.36. The number of carboxylic acids is 2. The van der Waals surface area contributed by atoms with E-state index in [0.717, 1.165) is 25.7 Å². The molecule has 0 aromatic heterocycles. The third-order valence-corrected chi connectivity index (χ3v) is 4.03. The van der Waals surface area contributed by atoms with Crippen molar-refractivity contribution in [3.05, 3.63) is 0 Å². The minimum atomic E-state index is -0.679. The zero-order valence-electron chi connectivity index (χ0n) is 16.0. The summed E-state index contributed by atoms with van der Waals surface area (Å²) in [6.45, 7) is 0. The Morgan fingerprint density at radius 2 is 0.652 bits per heavy atom. The Bertz CT molecular complexity index is 260. The molecule has 0 saturated carbocycles. The Balaban J connectivity index is -0.00000220. The smallest absolute Gasteiger partial charge is 1.00 e. The summed E-state index contributed by atoms with van der Waals surface area (Å²) in [6.07, 6.45) is 17.0. The van der Waals surface area contributed by atoms with Gasteiger partial charge in [0.25, 0.3) is 0 Å². The monoisotopic (exact) mass is 338 g/mol. The van der Waals surface area contributed by atoms with Crippen LogP contribution in [0.3, 0.4) is 0 Å². The van der Waals surface area contributed by atoms with Gasteiger partial charge in [0.1, 0.15) is 0 Å². The molecule has 23 heavy (non-hydrogen) atoms. The number of carbonyl (C=O) groups is 2. The summed E-state index contributed by atoms with van der Waals surface area (Å²) in [5, 5.41) is 17.0. The van der Waals surface area contributed by atoms with Crippen molar-refractivity contribution in [3.63, 3.8) is 0 Å². The molecule has 5 heteroatoms. The second-order valence-corrected chi connectivity index (χ2v) is 6.24. The predicted molar refractivity (Wildman–Crippen MR) is 90.3 cm³/mol. The van der Waals surface area contributed by atoms with Crippen molar-refractivity contribution in [2.75, 3.05) is 0 Å². The summed E-state index contributed by atoms with van der Waals surface area (Å²) < 4.78 is 0. The molecule has 0 bridgehead atoms. The summed E-state index contributed by atoms with van der Waals surface area (Å²) >= 11 is 0. The molecular weight excluding hydrogens is 303 g/mol. The molecule has 132 valence electrons. The molecule has 0 fully saturated rings. The standard InChI is InChI=1S/C18H34O4.Na.H/c19-17(20)15-13-11-9-7-5-3-1-2-4-6-8-10-12-14-16-18(21)22;;/h1-16H2,(H,19,20)(H,21,22);;/q;+1;-1. The van der Waals surface area contributed by atoms with Gasteiger partial charge in [0.05, 0.1) is 0 Å². The first-order chi connectivity index (χ1) is 10.6. The summed E-state index contributed by atoms with van der Waals surface area (Å²) in [7, 11) is 0. The van der Waals surface area contributed by atoms with Crippen LogP contribution in [-0.4, -0.2) is 22.2 Å². The second kappa shape index (κ2) is 20.0. The van der Waals surface area contributed by atoms with Gasteiger partial charge in [-0.15, -0.1) is 0 Å². The molecule has 0 rings (SSSR count). The van der Waals surface area contributed by atoms with Crippen molar-refractivity contribution < 1.29 is 50.8 Å². The van der Waals surface area contributed by atoms with Gasteiger partial charge in [0.2, 0.25) is 0 Å². The van der Waals surface area contributed by atoms with E-state index >= 15 is 0 Å². The van der Waals surface area contributed by atoms with Crippen molar-refractivity contribution in [3.8, 4) is 0 Å². The molecule has 0 amide bonds. The van der Waals surface area contributed by atoms with Crippen LogP contribution < -0.4 is 29.6 Å². The van der Waals surface area contributed by atoms with Gasteiger partial charge in [-0.25, -0.2) is 0 Å². The van der Waals surface area contributed by atoms with E-state index in [-0.39, 0.29) is 31.0 Å². The predicted octanol–water partition coefficient (Wildman–Crippen LogP) is 2.51. The minimum Gasteiger partial charge on any atom is -1.00 e. The zero-order chi connectivity index (χ0) is 16.5. The van der Waals surface area contributed by atoms with Crippen LogP contribution in [0.25, 0.3) is 0 Å². The van der Waals surface area contributed by atoms with Crippen molar-refractivity contribution in [2.24, 2.45) is 0 Å². The van der Waals surface area contributed by atoms with Gasteiger partial charge in [0, 0.05) is 12.8 Å². The van der Waals surface area contributed by atoms with Gasteiger partial charge in [-0.3, -0.25) is 9.59 Å². The van der Waals surface area contributed by atoms with Crippen LogP contribution in [-0.2, 0) is 9.59 Å². The molecule has 0 aromatic rings. The summed E-state index contributed by atoms with van der Waals surface area (Å²) in [5.41, 5.74) is 0. The molecule has 0 aliphatic carbocycles. The third kappa shape index (κ3) is 24.3. The average Bonchev–Trinajstić information content (AvgIpc) is 2.46. The van der Waals surface area contributed by atoms with Crippen molar-refractivity contribution in [1.82, 2.24) is 0 Å². The average molecular weight is 338 g/mol. The fourth-order valence-corrected chi connectivity index (χ4v) is 2.67. The molecule has 0 spiro atoms. The van der Waals surface area contributed by atoms with Crippen LogP contribution in [0.2, 0.25) is 0 Å². The molecule has 0 unspecified atom stereocenters. The first-order valence-corrected chi connectivity index (χ1v) is 9.06. The van der Waals surface area contributed by atoms with Crippen molar-refractivity contribution in [2.45, 2.75) is 103 Å². The Kier molecular flexibility index (Phi) is 21.9. The number of rotatable bonds is 17. The van der Waals surface area contributed by atoms with Crippen LogP contribution in [0.5, 0.6) is 0 Å². The number of unbranched alkanes of at least 4 members (excludes halogenated alkanes) is 13. The Morgan fingerprint density at radius 1 is 0.478 bits per heavy atom. The fourth-order valence-electron chi connectivity index (χ4n) is 2.67. The Morgan fingerprint density at radius 3 is 0.826 bits per heavy atom.